The van der Waals surface area contributed by atoms with Crippen molar-refractivity contribution in [1.29, 1.82) is 0 Å². The lowest BCUT2D eigenvalue weighted by Crippen LogP contribution is -3.00. The van der Waals surface area contributed by atoms with Crippen molar-refractivity contribution in [3.05, 3.63) is 0 Å². The number of unbranched alkanes of at least 4 members (excludes halogenated alkanes) is 4. The molecule has 0 aliphatic rings. The van der Waals surface area contributed by atoms with Crippen LogP contribution >= 0.6 is 0 Å². The van der Waals surface area contributed by atoms with Gasteiger partial charge in [0.25, 0.3) is 0 Å². The summed E-state index contributed by atoms with van der Waals surface area (Å²) in [5.41, 5.74) is 0. The van der Waals surface area contributed by atoms with E-state index in [2.05, 4.69) is 21.0 Å². The average molecular weight is 459 g/mol. The summed E-state index contributed by atoms with van der Waals surface area (Å²) in [6, 6.07) is 0. The summed E-state index contributed by atoms with van der Waals surface area (Å²) in [5.74, 6) is -0.129. The Morgan fingerprint density at radius 1 is 0.833 bits per heavy atom. The lowest BCUT2D eigenvalue weighted by molar-refractivity contribution is -0.890. The van der Waals surface area contributed by atoms with Crippen LogP contribution in [0.25, 0.3) is 0 Å². The van der Waals surface area contributed by atoms with Crippen molar-refractivity contribution in [1.82, 2.24) is 0 Å². The SMILES string of the molecule is CCCCCCC[N+](C)(C)CCC(=O)OCCOCCOCC.[I-]. The third kappa shape index (κ3) is 18.4. The van der Waals surface area contributed by atoms with Gasteiger partial charge in [-0.2, -0.15) is 0 Å². The zero-order chi connectivity index (χ0) is 17.4. The van der Waals surface area contributed by atoms with Gasteiger partial charge in [-0.3, -0.25) is 4.79 Å². The maximum absolute atomic E-state index is 11.7. The fourth-order valence-corrected chi connectivity index (χ4v) is 2.30. The van der Waals surface area contributed by atoms with Crippen LogP contribution in [0.5, 0.6) is 0 Å². The van der Waals surface area contributed by atoms with Gasteiger partial charge in [0, 0.05) is 6.61 Å². The fourth-order valence-electron chi connectivity index (χ4n) is 2.30. The van der Waals surface area contributed by atoms with E-state index < -0.39 is 0 Å². The molecular weight excluding hydrogens is 421 g/mol. The first-order valence-corrected chi connectivity index (χ1v) is 9.15. The number of rotatable bonds is 16. The molecule has 0 saturated carbocycles. The van der Waals surface area contributed by atoms with Gasteiger partial charge in [-0.15, -0.1) is 0 Å². The van der Waals surface area contributed by atoms with Crippen LogP contribution in [0.3, 0.4) is 0 Å². The average Bonchev–Trinajstić information content (AvgIpc) is 2.52. The molecule has 0 rings (SSSR count). The molecule has 5 nitrogen and oxygen atoms in total. The molecule has 0 heterocycles. The Morgan fingerprint density at radius 3 is 2.12 bits per heavy atom. The second kappa shape index (κ2) is 17.9. The molecule has 24 heavy (non-hydrogen) atoms. The van der Waals surface area contributed by atoms with Crippen molar-refractivity contribution in [3.63, 3.8) is 0 Å². The first-order chi connectivity index (χ1) is 11.0. The minimum atomic E-state index is -0.129. The van der Waals surface area contributed by atoms with Crippen LogP contribution in [0.15, 0.2) is 0 Å². The highest BCUT2D eigenvalue weighted by molar-refractivity contribution is 5.69. The highest BCUT2D eigenvalue weighted by Crippen LogP contribution is 2.08. The van der Waals surface area contributed by atoms with E-state index in [-0.39, 0.29) is 29.9 Å². The maximum Gasteiger partial charge on any atom is 0.311 e. The van der Waals surface area contributed by atoms with Crippen molar-refractivity contribution < 1.29 is 47.5 Å². The zero-order valence-electron chi connectivity index (χ0n) is 16.2. The molecule has 0 aliphatic heterocycles. The first-order valence-electron chi connectivity index (χ1n) is 9.15. The standard InChI is InChI=1S/C18H38NO4.HI/c1-5-7-8-9-10-12-19(3,4)13-11-18(20)23-17-16-22-15-14-21-6-2;/h5-17H2,1-4H3;1H/q+1;/p-1. The van der Waals surface area contributed by atoms with E-state index in [1.54, 1.807) is 0 Å². The van der Waals surface area contributed by atoms with E-state index in [4.69, 9.17) is 14.2 Å². The quantitative estimate of drug-likeness (QED) is 0.141. The number of ether oxygens (including phenoxy) is 3. The molecule has 146 valence electrons. The van der Waals surface area contributed by atoms with Crippen LogP contribution in [0, 0.1) is 0 Å². The number of esters is 1. The molecule has 0 N–H and O–H groups in total. The number of carbonyl (C=O) groups excluding carboxylic acids is 1. The smallest absolute Gasteiger partial charge is 0.311 e. The van der Waals surface area contributed by atoms with Crippen molar-refractivity contribution in [2.24, 2.45) is 0 Å². The summed E-state index contributed by atoms with van der Waals surface area (Å²) < 4.78 is 16.5. The Bertz CT molecular complexity index is 288. The summed E-state index contributed by atoms with van der Waals surface area (Å²) in [6.45, 7) is 8.74. The van der Waals surface area contributed by atoms with E-state index in [1.807, 2.05) is 6.92 Å². The van der Waals surface area contributed by atoms with Crippen LogP contribution < -0.4 is 24.0 Å². The Balaban J connectivity index is 0. The highest BCUT2D eigenvalue weighted by Gasteiger charge is 2.17. The topological polar surface area (TPSA) is 44.8 Å². The van der Waals surface area contributed by atoms with Crippen molar-refractivity contribution in [2.75, 3.05) is 60.2 Å². The molecule has 0 amide bonds. The Labute approximate surface area is 166 Å². The van der Waals surface area contributed by atoms with Crippen molar-refractivity contribution >= 4 is 5.97 Å². The number of nitrogens with zero attached hydrogens (tertiary/aromatic N) is 1. The molecule has 6 heteroatoms. The zero-order valence-corrected chi connectivity index (χ0v) is 18.3. The molecule has 0 atom stereocenters. The van der Waals surface area contributed by atoms with Gasteiger partial charge in [0.1, 0.15) is 6.61 Å². The molecule has 0 bridgehead atoms. The van der Waals surface area contributed by atoms with E-state index >= 15 is 0 Å². The number of hydrogen-bond donors (Lipinski definition) is 0. The normalized spacial score (nSPS) is 11.2. The lowest BCUT2D eigenvalue weighted by atomic mass is 10.1. The van der Waals surface area contributed by atoms with E-state index in [1.165, 1.54) is 32.1 Å². The number of halogens is 1. The molecule has 0 aromatic carbocycles. The summed E-state index contributed by atoms with van der Waals surface area (Å²) in [7, 11) is 4.37. The lowest BCUT2D eigenvalue weighted by Gasteiger charge is -2.29. The molecule has 0 unspecified atom stereocenters. The van der Waals surface area contributed by atoms with Crippen molar-refractivity contribution in [2.45, 2.75) is 52.4 Å². The van der Waals surface area contributed by atoms with Gasteiger partial charge >= 0.3 is 5.97 Å². The molecule has 0 radical (unpaired) electrons. The monoisotopic (exact) mass is 459 g/mol. The molecule has 0 aliphatic carbocycles. The number of hydrogen-bond acceptors (Lipinski definition) is 4. The van der Waals surface area contributed by atoms with Crippen LogP contribution in [-0.2, 0) is 19.0 Å². The minimum Gasteiger partial charge on any atom is -1.00 e. The van der Waals surface area contributed by atoms with Gasteiger partial charge in [-0.05, 0) is 19.8 Å². The van der Waals surface area contributed by atoms with Gasteiger partial charge in [0.2, 0.25) is 0 Å². The number of carbonyl (C=O) groups is 1. The second-order valence-electron chi connectivity index (χ2n) is 6.58. The predicted octanol–water partition coefficient (Wildman–Crippen LogP) is 0.0236. The van der Waals surface area contributed by atoms with Gasteiger partial charge in [0.05, 0.1) is 53.4 Å². The molecule has 0 aromatic heterocycles. The molecule has 0 aromatic rings. The van der Waals surface area contributed by atoms with Crippen molar-refractivity contribution in [3.8, 4) is 0 Å². The summed E-state index contributed by atoms with van der Waals surface area (Å²) in [4.78, 5) is 11.7. The van der Waals surface area contributed by atoms with Gasteiger partial charge in [-0.25, -0.2) is 0 Å². The summed E-state index contributed by atoms with van der Waals surface area (Å²) in [6.07, 6.45) is 6.92. The Kier molecular flexibility index (Phi) is 19.6. The predicted molar refractivity (Wildman–Crippen MR) is 93.5 cm³/mol. The third-order valence-electron chi connectivity index (χ3n) is 3.86. The molecular formula is C18H38INO4. The van der Waals surface area contributed by atoms with Crippen LogP contribution in [0.4, 0.5) is 0 Å². The Hall–Kier alpha value is 0.0800. The van der Waals surface area contributed by atoms with Gasteiger partial charge in [0.15, 0.2) is 0 Å². The molecule has 0 fully saturated rings. The second-order valence-corrected chi connectivity index (χ2v) is 6.58. The number of quaternary nitrogens is 1. The molecule has 0 spiro atoms. The largest absolute Gasteiger partial charge is 1.00 e. The van der Waals surface area contributed by atoms with Gasteiger partial charge in [-0.1, -0.05) is 26.2 Å². The van der Waals surface area contributed by atoms with E-state index in [0.717, 1.165) is 17.6 Å². The molecule has 0 saturated heterocycles. The maximum atomic E-state index is 11.7. The van der Waals surface area contributed by atoms with E-state index in [0.29, 0.717) is 39.5 Å². The van der Waals surface area contributed by atoms with Crippen LogP contribution in [-0.4, -0.2) is 70.7 Å². The summed E-state index contributed by atoms with van der Waals surface area (Å²) in [5, 5.41) is 0. The van der Waals surface area contributed by atoms with Gasteiger partial charge < -0.3 is 42.7 Å². The van der Waals surface area contributed by atoms with E-state index in [9.17, 15) is 4.79 Å². The first kappa shape index (κ1) is 26.3. The highest BCUT2D eigenvalue weighted by atomic mass is 127. The third-order valence-corrected chi connectivity index (χ3v) is 3.86. The Morgan fingerprint density at radius 2 is 1.46 bits per heavy atom. The minimum absolute atomic E-state index is 0. The van der Waals surface area contributed by atoms with Crippen LogP contribution in [0.2, 0.25) is 0 Å². The fraction of sp³-hybridized carbons (Fsp3) is 0.944. The summed E-state index contributed by atoms with van der Waals surface area (Å²) >= 11 is 0. The van der Waals surface area contributed by atoms with Crippen LogP contribution in [0.1, 0.15) is 52.4 Å².